The average Bonchev–Trinajstić information content (AvgIpc) is 2.22. The monoisotopic (exact) mass is 258 g/mol. The highest BCUT2D eigenvalue weighted by Crippen LogP contribution is 2.20. The van der Waals surface area contributed by atoms with E-state index in [2.05, 4.69) is 0 Å². The number of aryl methyl sites for hydroxylation is 1. The lowest BCUT2D eigenvalue weighted by Crippen LogP contribution is -2.19. The van der Waals surface area contributed by atoms with Crippen molar-refractivity contribution in [2.45, 2.75) is 32.4 Å². The molecule has 0 amide bonds. The summed E-state index contributed by atoms with van der Waals surface area (Å²) in [6, 6.07) is 5.73. The minimum Gasteiger partial charge on any atom is -0.493 e. The van der Waals surface area contributed by atoms with Gasteiger partial charge < -0.3 is 4.74 Å². The van der Waals surface area contributed by atoms with Gasteiger partial charge in [0, 0.05) is 6.42 Å². The van der Waals surface area contributed by atoms with Crippen LogP contribution >= 0.6 is 0 Å². The molecule has 1 atom stereocenters. The number of hydrogen-bond acceptors (Lipinski definition) is 3. The second-order valence-corrected chi connectivity index (χ2v) is 6.00. The third kappa shape index (κ3) is 4.02. The van der Waals surface area contributed by atoms with Gasteiger partial charge in [0.05, 0.1) is 11.9 Å². The largest absolute Gasteiger partial charge is 0.493 e. The molecule has 1 rings (SSSR count). The molecule has 1 unspecified atom stereocenters. The van der Waals surface area contributed by atoms with Crippen molar-refractivity contribution in [3.63, 3.8) is 0 Å². The lowest BCUT2D eigenvalue weighted by Gasteiger charge is -2.12. The van der Waals surface area contributed by atoms with Crippen LogP contribution in [0.1, 0.15) is 24.5 Å². The summed E-state index contributed by atoms with van der Waals surface area (Å²) in [5.74, 6) is 0.757. The van der Waals surface area contributed by atoms with Gasteiger partial charge in [-0.3, -0.25) is 4.55 Å². The minimum atomic E-state index is -3.96. The second-order valence-electron chi connectivity index (χ2n) is 4.16. The van der Waals surface area contributed by atoms with Gasteiger partial charge in [-0.05, 0) is 38.0 Å². The van der Waals surface area contributed by atoms with Gasteiger partial charge in [-0.25, -0.2) is 0 Å². The maximum absolute atomic E-state index is 10.8. The van der Waals surface area contributed by atoms with Crippen molar-refractivity contribution in [2.24, 2.45) is 0 Å². The fourth-order valence-electron chi connectivity index (χ4n) is 1.36. The number of rotatable bonds is 5. The van der Waals surface area contributed by atoms with Crippen LogP contribution in [-0.2, 0) is 10.1 Å². The average molecular weight is 258 g/mol. The highest BCUT2D eigenvalue weighted by Gasteiger charge is 2.17. The molecule has 4 nitrogen and oxygen atoms in total. The Labute approximate surface area is 102 Å². The van der Waals surface area contributed by atoms with Crippen molar-refractivity contribution >= 4 is 10.1 Å². The van der Waals surface area contributed by atoms with Gasteiger partial charge in [0.1, 0.15) is 5.75 Å². The van der Waals surface area contributed by atoms with E-state index in [1.54, 1.807) is 0 Å². The van der Waals surface area contributed by atoms with Crippen LogP contribution in [0.3, 0.4) is 0 Å². The standard InChI is InChI=1S/C12H18O4S/c1-9-5-4-6-12(11(9)3)16-8-7-10(2)17(13,14)15/h4-6,10H,7-8H2,1-3H3,(H,13,14,15). The lowest BCUT2D eigenvalue weighted by atomic mass is 10.1. The fourth-order valence-corrected chi connectivity index (χ4v) is 1.76. The molecule has 96 valence electrons. The van der Waals surface area contributed by atoms with E-state index in [9.17, 15) is 8.42 Å². The smallest absolute Gasteiger partial charge is 0.267 e. The predicted molar refractivity (Wildman–Crippen MR) is 67.0 cm³/mol. The van der Waals surface area contributed by atoms with E-state index in [1.807, 2.05) is 32.0 Å². The molecule has 0 saturated heterocycles. The molecule has 0 bridgehead atoms. The molecule has 0 heterocycles. The van der Waals surface area contributed by atoms with Crippen molar-refractivity contribution in [1.29, 1.82) is 0 Å². The Bertz CT molecular complexity index is 479. The van der Waals surface area contributed by atoms with E-state index in [-0.39, 0.29) is 13.0 Å². The van der Waals surface area contributed by atoms with Crippen LogP contribution < -0.4 is 4.74 Å². The van der Waals surface area contributed by atoms with Crippen LogP contribution in [0.4, 0.5) is 0 Å². The molecule has 0 fully saturated rings. The van der Waals surface area contributed by atoms with Crippen LogP contribution in [0, 0.1) is 13.8 Å². The maximum Gasteiger partial charge on any atom is 0.267 e. The van der Waals surface area contributed by atoms with Crippen LogP contribution in [0.2, 0.25) is 0 Å². The Morgan fingerprint density at radius 3 is 2.59 bits per heavy atom. The fraction of sp³-hybridized carbons (Fsp3) is 0.500. The van der Waals surface area contributed by atoms with Gasteiger partial charge in [-0.1, -0.05) is 12.1 Å². The Balaban J connectivity index is 2.55. The molecule has 0 saturated carbocycles. The number of ether oxygens (including phenoxy) is 1. The number of benzene rings is 1. The first-order chi connectivity index (χ1) is 7.82. The Kier molecular flexibility index (Phi) is 4.54. The van der Waals surface area contributed by atoms with E-state index in [1.165, 1.54) is 6.92 Å². The summed E-state index contributed by atoms with van der Waals surface area (Å²) in [7, 11) is -3.96. The zero-order valence-electron chi connectivity index (χ0n) is 10.3. The van der Waals surface area contributed by atoms with Crippen LogP contribution in [0.5, 0.6) is 5.75 Å². The Morgan fingerprint density at radius 1 is 1.35 bits per heavy atom. The summed E-state index contributed by atoms with van der Waals surface area (Å²) in [5.41, 5.74) is 2.18. The summed E-state index contributed by atoms with van der Waals surface area (Å²) in [5, 5.41) is -0.799. The molecule has 0 aliphatic carbocycles. The van der Waals surface area contributed by atoms with Gasteiger partial charge in [0.15, 0.2) is 0 Å². The molecular formula is C12H18O4S. The third-order valence-electron chi connectivity index (χ3n) is 2.85. The van der Waals surface area contributed by atoms with Crippen LogP contribution in [0.25, 0.3) is 0 Å². The van der Waals surface area contributed by atoms with E-state index >= 15 is 0 Å². The summed E-state index contributed by atoms with van der Waals surface area (Å²) in [6.45, 7) is 5.67. The van der Waals surface area contributed by atoms with Gasteiger partial charge >= 0.3 is 0 Å². The molecule has 1 aromatic rings. The third-order valence-corrected chi connectivity index (χ3v) is 4.10. The van der Waals surface area contributed by atoms with Crippen molar-refractivity contribution < 1.29 is 17.7 Å². The molecule has 0 aromatic heterocycles. The van der Waals surface area contributed by atoms with E-state index < -0.39 is 15.4 Å². The van der Waals surface area contributed by atoms with Crippen molar-refractivity contribution in [2.75, 3.05) is 6.61 Å². The second kappa shape index (κ2) is 5.51. The van der Waals surface area contributed by atoms with Crippen LogP contribution in [0.15, 0.2) is 18.2 Å². The minimum absolute atomic E-state index is 0.269. The first-order valence-corrected chi connectivity index (χ1v) is 6.98. The molecule has 0 radical (unpaired) electrons. The zero-order chi connectivity index (χ0) is 13.1. The summed E-state index contributed by atoms with van der Waals surface area (Å²) >= 11 is 0. The van der Waals surface area contributed by atoms with E-state index in [0.29, 0.717) is 0 Å². The van der Waals surface area contributed by atoms with E-state index in [4.69, 9.17) is 9.29 Å². The Morgan fingerprint density at radius 2 is 2.00 bits per heavy atom. The van der Waals surface area contributed by atoms with Crippen LogP contribution in [-0.4, -0.2) is 24.8 Å². The van der Waals surface area contributed by atoms with Gasteiger partial charge in [0.25, 0.3) is 10.1 Å². The summed E-state index contributed by atoms with van der Waals surface area (Å²) in [6.07, 6.45) is 0.270. The van der Waals surface area contributed by atoms with Crippen molar-refractivity contribution in [3.8, 4) is 5.75 Å². The van der Waals surface area contributed by atoms with Gasteiger partial charge in [0.2, 0.25) is 0 Å². The normalized spacial score (nSPS) is 13.4. The zero-order valence-corrected chi connectivity index (χ0v) is 11.1. The Hall–Kier alpha value is -1.07. The molecule has 0 aliphatic rings. The first kappa shape index (κ1) is 14.0. The SMILES string of the molecule is Cc1cccc(OCCC(C)S(=O)(=O)O)c1C. The molecule has 1 aromatic carbocycles. The quantitative estimate of drug-likeness (QED) is 0.823. The molecule has 17 heavy (non-hydrogen) atoms. The molecule has 0 aliphatic heterocycles. The molecule has 5 heteroatoms. The molecule has 0 spiro atoms. The first-order valence-electron chi connectivity index (χ1n) is 5.47. The predicted octanol–water partition coefficient (Wildman–Crippen LogP) is 2.35. The van der Waals surface area contributed by atoms with E-state index in [0.717, 1.165) is 16.9 Å². The van der Waals surface area contributed by atoms with Gasteiger partial charge in [-0.15, -0.1) is 0 Å². The lowest BCUT2D eigenvalue weighted by molar-refractivity contribution is 0.304. The molecular weight excluding hydrogens is 240 g/mol. The highest BCUT2D eigenvalue weighted by atomic mass is 32.2. The van der Waals surface area contributed by atoms with Crippen molar-refractivity contribution in [3.05, 3.63) is 29.3 Å². The number of hydrogen-bond donors (Lipinski definition) is 1. The topological polar surface area (TPSA) is 63.6 Å². The summed E-state index contributed by atoms with van der Waals surface area (Å²) < 4.78 is 35.9. The summed E-state index contributed by atoms with van der Waals surface area (Å²) in [4.78, 5) is 0. The molecule has 1 N–H and O–H groups in total. The maximum atomic E-state index is 10.8. The van der Waals surface area contributed by atoms with Gasteiger partial charge in [-0.2, -0.15) is 8.42 Å². The van der Waals surface area contributed by atoms with Crippen molar-refractivity contribution in [1.82, 2.24) is 0 Å². The highest BCUT2D eigenvalue weighted by molar-refractivity contribution is 7.86.